The van der Waals surface area contributed by atoms with Crippen molar-refractivity contribution in [1.82, 2.24) is 20.2 Å². The van der Waals surface area contributed by atoms with Crippen LogP contribution in [0.1, 0.15) is 54.4 Å². The molecule has 0 spiro atoms. The largest absolute Gasteiger partial charge is 0.506 e. The van der Waals surface area contributed by atoms with Crippen molar-refractivity contribution in [3.05, 3.63) is 124 Å². The molecule has 6 aromatic rings. The number of nitrogens with zero attached hydrogens (tertiary/aromatic N) is 2. The topological polar surface area (TPSA) is 153 Å². The highest BCUT2D eigenvalue weighted by atomic mass is 16.6. The van der Waals surface area contributed by atoms with E-state index in [1.54, 1.807) is 12.1 Å². The highest BCUT2D eigenvalue weighted by Gasteiger charge is 2.36. The average Bonchev–Trinajstić information content (AvgIpc) is 3.60. The Morgan fingerprint density at radius 3 is 2.59 bits per heavy atom. The first-order valence-electron chi connectivity index (χ1n) is 18.9. The highest BCUT2D eigenvalue weighted by molar-refractivity contribution is 5.92. The molecular weight excluding hydrogens is 683 g/mol. The van der Waals surface area contributed by atoms with Gasteiger partial charge in [0.1, 0.15) is 17.4 Å². The molecule has 278 valence electrons. The van der Waals surface area contributed by atoms with E-state index in [1.807, 2.05) is 36.4 Å². The van der Waals surface area contributed by atoms with Crippen LogP contribution < -0.4 is 16.2 Å². The third-order valence-electron chi connectivity index (χ3n) is 10.8. The number of hydrogen-bond acceptors (Lipinski definition) is 9. The molecule has 3 aliphatic rings. The van der Waals surface area contributed by atoms with E-state index in [4.69, 9.17) is 14.1 Å². The van der Waals surface area contributed by atoms with Crippen molar-refractivity contribution in [2.75, 3.05) is 31.5 Å². The van der Waals surface area contributed by atoms with Gasteiger partial charge in [-0.25, -0.2) is 9.78 Å². The van der Waals surface area contributed by atoms with Crippen LogP contribution in [0.3, 0.4) is 0 Å². The number of H-pyrrole nitrogens is 1. The molecule has 11 nitrogen and oxygen atoms in total. The molecule has 0 radical (unpaired) electrons. The number of pyridine rings is 1. The number of anilines is 1. The van der Waals surface area contributed by atoms with E-state index in [9.17, 15) is 19.8 Å². The molecule has 3 saturated heterocycles. The first-order chi connectivity index (χ1) is 26.4. The summed E-state index contributed by atoms with van der Waals surface area (Å²) >= 11 is 0. The third-order valence-corrected chi connectivity index (χ3v) is 10.8. The van der Waals surface area contributed by atoms with Crippen molar-refractivity contribution < 1.29 is 24.2 Å². The molecule has 0 saturated carbocycles. The number of aliphatic hydroxyl groups excluding tert-OH is 1. The van der Waals surface area contributed by atoms with Gasteiger partial charge in [0.25, 0.3) is 0 Å². The molecule has 0 aliphatic carbocycles. The van der Waals surface area contributed by atoms with Crippen LogP contribution >= 0.6 is 0 Å². The fraction of sp³-hybridized carbons (Fsp3) is 0.326. The van der Waals surface area contributed by atoms with Gasteiger partial charge in [0.05, 0.1) is 17.3 Å². The summed E-state index contributed by atoms with van der Waals surface area (Å²) in [6.45, 7) is 3.79. The van der Waals surface area contributed by atoms with Crippen LogP contribution in [0.5, 0.6) is 5.75 Å². The molecule has 4 aromatic carbocycles. The van der Waals surface area contributed by atoms with E-state index in [1.165, 1.54) is 12.1 Å². The summed E-state index contributed by atoms with van der Waals surface area (Å²) in [6.07, 6.45) is 4.26. The predicted molar refractivity (Wildman–Crippen MR) is 208 cm³/mol. The van der Waals surface area contributed by atoms with Crippen LogP contribution in [0.25, 0.3) is 33.1 Å². The maximum atomic E-state index is 13.2. The number of ether oxygens (including phenoxy) is 1. The first kappa shape index (κ1) is 35.5. The molecular formula is C43H45N5O6. The van der Waals surface area contributed by atoms with Gasteiger partial charge in [-0.3, -0.25) is 15.0 Å². The summed E-state index contributed by atoms with van der Waals surface area (Å²) in [4.78, 5) is 34.6. The summed E-state index contributed by atoms with van der Waals surface area (Å²) in [5, 5.41) is 28.0. The van der Waals surface area contributed by atoms with Crippen LogP contribution in [0.4, 0.5) is 10.5 Å². The maximum Gasteiger partial charge on any atom is 0.411 e. The number of nitrogens with one attached hydrogen (secondary N) is 3. The minimum absolute atomic E-state index is 0.0404. The van der Waals surface area contributed by atoms with Gasteiger partial charge >= 0.3 is 6.09 Å². The Labute approximate surface area is 313 Å². The number of unbranched alkanes of at least 4 members (excludes halogenated alkanes) is 1. The van der Waals surface area contributed by atoms with Gasteiger partial charge in [-0.2, -0.15) is 0 Å². The highest BCUT2D eigenvalue weighted by Crippen LogP contribution is 2.33. The molecule has 54 heavy (non-hydrogen) atoms. The summed E-state index contributed by atoms with van der Waals surface area (Å²) in [5.74, 6) is 1.10. The fourth-order valence-corrected chi connectivity index (χ4v) is 7.89. The van der Waals surface area contributed by atoms with Crippen molar-refractivity contribution in [1.29, 1.82) is 0 Å². The summed E-state index contributed by atoms with van der Waals surface area (Å²) in [6, 6.07) is 28.4. The van der Waals surface area contributed by atoms with Crippen molar-refractivity contribution in [2.45, 2.75) is 57.3 Å². The zero-order chi connectivity index (χ0) is 37.0. The number of phenolic OH excluding ortho intramolecular Hbond substituents is 1. The van der Waals surface area contributed by atoms with Gasteiger partial charge in [0.15, 0.2) is 11.5 Å². The number of carbonyl (C=O) groups excluding carboxylic acids is 1. The Morgan fingerprint density at radius 2 is 1.78 bits per heavy atom. The van der Waals surface area contributed by atoms with E-state index in [2.05, 4.69) is 50.8 Å². The molecule has 9 rings (SSSR count). The number of oxazole rings is 1. The molecule has 1 amide bonds. The van der Waals surface area contributed by atoms with Crippen molar-refractivity contribution in [2.24, 2.45) is 5.92 Å². The molecule has 2 bridgehead atoms. The lowest BCUT2D eigenvalue weighted by Crippen LogP contribution is -2.52. The Bertz CT molecular complexity index is 2310. The molecule has 1 unspecified atom stereocenters. The smallest absolute Gasteiger partial charge is 0.411 e. The van der Waals surface area contributed by atoms with Crippen LogP contribution in [-0.2, 0) is 24.1 Å². The first-order valence-corrected chi connectivity index (χ1v) is 18.9. The Kier molecular flexibility index (Phi) is 10.4. The summed E-state index contributed by atoms with van der Waals surface area (Å²) < 4.78 is 12.1. The molecule has 2 aromatic heterocycles. The number of carbonyl (C=O) groups is 1. The van der Waals surface area contributed by atoms with E-state index < -0.39 is 12.2 Å². The van der Waals surface area contributed by atoms with Crippen LogP contribution in [0.2, 0.25) is 0 Å². The number of fused-ring (bicyclic) bond motifs is 5. The van der Waals surface area contributed by atoms with Crippen molar-refractivity contribution >= 4 is 33.8 Å². The monoisotopic (exact) mass is 727 g/mol. The molecule has 5 heterocycles. The van der Waals surface area contributed by atoms with Gasteiger partial charge in [0.2, 0.25) is 5.56 Å². The van der Waals surface area contributed by atoms with E-state index in [0.29, 0.717) is 41.2 Å². The lowest BCUT2D eigenvalue weighted by atomic mass is 9.86. The van der Waals surface area contributed by atoms with Gasteiger partial charge in [-0.05, 0) is 104 Å². The number of hydrogen-bond donors (Lipinski definition) is 5. The Hall–Kier alpha value is -5.49. The van der Waals surface area contributed by atoms with Crippen LogP contribution in [0.15, 0.2) is 100 Å². The second-order valence-electron chi connectivity index (χ2n) is 14.5. The van der Waals surface area contributed by atoms with Crippen LogP contribution in [-0.4, -0.2) is 63.5 Å². The number of aryl methyl sites for hydroxylation is 2. The standard InChI is InChI=1S/C43H45N5O6/c49-36-16-13-32(33-14-17-40(51)47-42(33)36)37(50)25-44-24-28-11-15-34-38(23-28)53-41(45-34)9-5-4-6-27-10-12-31(29-7-2-1-3-8-29)35(22-27)46-43(52)54-39-26-48-20-18-30(39)19-21-48/h1-3,7-8,10-17,22-23,30,37,39,44,49-50H,4-6,9,18-21,24-26H2,(H,46,52)(H,47,51)/t37?,39-/m0/s1. The van der Waals surface area contributed by atoms with E-state index >= 15 is 0 Å². The zero-order valence-electron chi connectivity index (χ0n) is 30.1. The SMILES string of the molecule is O=C(Nc1cc(CCCCc2nc3ccc(CNCC(O)c4ccc(O)c5[nH]c(=O)ccc45)cc3o2)ccc1-c1ccccc1)O[C@H]1CN2CCC1CC2. The quantitative estimate of drug-likeness (QED) is 0.0787. The Morgan fingerprint density at radius 1 is 0.963 bits per heavy atom. The zero-order valence-corrected chi connectivity index (χ0v) is 30.1. The number of piperidine rings is 3. The van der Waals surface area contributed by atoms with Gasteiger partial charge < -0.3 is 29.7 Å². The molecule has 11 heteroatoms. The van der Waals surface area contributed by atoms with Gasteiger partial charge in [-0.1, -0.05) is 54.6 Å². The predicted octanol–water partition coefficient (Wildman–Crippen LogP) is 7.07. The average molecular weight is 728 g/mol. The van der Waals surface area contributed by atoms with Gasteiger partial charge in [0, 0.05) is 43.1 Å². The molecule has 5 N–H and O–H groups in total. The number of aromatic hydroxyl groups is 1. The van der Waals surface area contributed by atoms with Crippen LogP contribution in [0, 0.1) is 5.92 Å². The minimum atomic E-state index is -0.847. The van der Waals surface area contributed by atoms with E-state index in [0.717, 1.165) is 90.8 Å². The summed E-state index contributed by atoms with van der Waals surface area (Å²) in [5.41, 5.74) is 7.02. The Balaban J connectivity index is 0.849. The number of rotatable bonds is 13. The summed E-state index contributed by atoms with van der Waals surface area (Å²) in [7, 11) is 0. The second kappa shape index (κ2) is 15.9. The van der Waals surface area contributed by atoms with Gasteiger partial charge in [-0.15, -0.1) is 0 Å². The fourth-order valence-electron chi connectivity index (χ4n) is 7.89. The number of aromatic nitrogens is 2. The number of phenols is 1. The molecule has 3 aliphatic heterocycles. The number of aliphatic hydroxyl groups is 1. The minimum Gasteiger partial charge on any atom is -0.506 e. The number of aromatic amines is 1. The van der Waals surface area contributed by atoms with Crippen molar-refractivity contribution in [3.63, 3.8) is 0 Å². The molecule has 3 fully saturated rings. The molecule has 2 atom stereocenters. The lowest BCUT2D eigenvalue weighted by Gasteiger charge is -2.43. The maximum absolute atomic E-state index is 13.2. The number of benzene rings is 4. The van der Waals surface area contributed by atoms with E-state index in [-0.39, 0.29) is 24.0 Å². The van der Waals surface area contributed by atoms with Crippen molar-refractivity contribution in [3.8, 4) is 16.9 Å². The normalized spacial score (nSPS) is 18.6. The second-order valence-corrected chi connectivity index (χ2v) is 14.5. The number of amides is 1. The third kappa shape index (κ3) is 8.03. The lowest BCUT2D eigenvalue weighted by molar-refractivity contribution is -0.0289.